The predicted octanol–water partition coefficient (Wildman–Crippen LogP) is 2.60. The molecule has 0 aliphatic carbocycles. The fraction of sp³-hybridized carbons (Fsp3) is 0.538. The van der Waals surface area contributed by atoms with Crippen LogP contribution in [0.5, 0.6) is 0 Å². The van der Waals surface area contributed by atoms with E-state index in [1.165, 1.54) is 11.3 Å². The lowest BCUT2D eigenvalue weighted by atomic mass is 10.0. The lowest BCUT2D eigenvalue weighted by Gasteiger charge is -2.21. The van der Waals surface area contributed by atoms with Crippen LogP contribution in [0.25, 0.3) is 0 Å². The lowest BCUT2D eigenvalue weighted by molar-refractivity contribution is 0.773. The van der Waals surface area contributed by atoms with Crippen LogP contribution in [0.15, 0.2) is 24.3 Å². The van der Waals surface area contributed by atoms with Gasteiger partial charge in [-0.3, -0.25) is 0 Å². The zero-order valence-corrected chi connectivity index (χ0v) is 10.0. The maximum absolute atomic E-state index is 5.64. The van der Waals surface area contributed by atoms with Gasteiger partial charge >= 0.3 is 0 Å². The normalized spacial score (nSPS) is 12.5. The number of hydrogen-bond acceptors (Lipinski definition) is 2. The fourth-order valence-electron chi connectivity index (χ4n) is 1.74. The number of hydrogen-bond donors (Lipinski definition) is 1. The van der Waals surface area contributed by atoms with Gasteiger partial charge < -0.3 is 10.6 Å². The highest BCUT2D eigenvalue weighted by Gasteiger charge is 2.04. The summed E-state index contributed by atoms with van der Waals surface area (Å²) in [7, 11) is 0. The summed E-state index contributed by atoms with van der Waals surface area (Å²) in [5, 5.41) is 0. The zero-order chi connectivity index (χ0) is 11.3. The second kappa shape index (κ2) is 5.76. The van der Waals surface area contributed by atoms with Gasteiger partial charge in [0.05, 0.1) is 0 Å². The molecule has 0 saturated heterocycles. The van der Waals surface area contributed by atoms with Crippen molar-refractivity contribution in [1.29, 1.82) is 0 Å². The van der Waals surface area contributed by atoms with E-state index in [2.05, 4.69) is 49.9 Å². The van der Waals surface area contributed by atoms with E-state index in [4.69, 9.17) is 5.73 Å². The molecular formula is C13H22N2. The topological polar surface area (TPSA) is 29.3 Å². The highest BCUT2D eigenvalue weighted by Crippen LogP contribution is 2.19. The first-order valence-electron chi connectivity index (χ1n) is 5.77. The Labute approximate surface area is 93.1 Å². The van der Waals surface area contributed by atoms with E-state index in [0.717, 1.165) is 13.1 Å². The van der Waals surface area contributed by atoms with Crippen molar-refractivity contribution in [1.82, 2.24) is 0 Å². The van der Waals surface area contributed by atoms with Crippen molar-refractivity contribution in [3.8, 4) is 0 Å². The second-order valence-electron chi connectivity index (χ2n) is 3.90. The Morgan fingerprint density at radius 3 is 2.07 bits per heavy atom. The van der Waals surface area contributed by atoms with Crippen LogP contribution in [0, 0.1) is 0 Å². The molecule has 84 valence electrons. The van der Waals surface area contributed by atoms with Crippen molar-refractivity contribution < 1.29 is 0 Å². The molecule has 1 aromatic rings. The van der Waals surface area contributed by atoms with Crippen LogP contribution in [0.3, 0.4) is 0 Å². The van der Waals surface area contributed by atoms with Crippen molar-refractivity contribution in [2.24, 2.45) is 5.73 Å². The van der Waals surface area contributed by atoms with Crippen LogP contribution in [0.2, 0.25) is 0 Å². The molecule has 0 bridgehead atoms. The number of nitrogens with zero attached hydrogens (tertiary/aromatic N) is 1. The first-order chi connectivity index (χ1) is 7.22. The van der Waals surface area contributed by atoms with E-state index in [0.29, 0.717) is 12.5 Å². The van der Waals surface area contributed by atoms with Gasteiger partial charge in [-0.05, 0) is 44.0 Å². The Morgan fingerprint density at radius 1 is 1.13 bits per heavy atom. The van der Waals surface area contributed by atoms with Gasteiger partial charge in [-0.15, -0.1) is 0 Å². The summed E-state index contributed by atoms with van der Waals surface area (Å²) >= 11 is 0. The Bertz CT molecular complexity index is 275. The van der Waals surface area contributed by atoms with Gasteiger partial charge in [0, 0.05) is 18.8 Å². The minimum absolute atomic E-state index is 0.454. The molecule has 0 aromatic heterocycles. The molecule has 15 heavy (non-hydrogen) atoms. The average molecular weight is 206 g/mol. The van der Waals surface area contributed by atoms with E-state index in [-0.39, 0.29) is 0 Å². The van der Waals surface area contributed by atoms with E-state index in [1.54, 1.807) is 0 Å². The summed E-state index contributed by atoms with van der Waals surface area (Å²) in [6.45, 7) is 9.35. The summed E-state index contributed by atoms with van der Waals surface area (Å²) in [6.07, 6.45) is 0. The molecule has 1 aromatic carbocycles. The third-order valence-electron chi connectivity index (χ3n) is 2.94. The van der Waals surface area contributed by atoms with Crippen molar-refractivity contribution in [3.63, 3.8) is 0 Å². The molecule has 0 heterocycles. The molecule has 1 rings (SSSR count). The largest absolute Gasteiger partial charge is 0.372 e. The SMILES string of the molecule is CCN(CC)c1ccc(C(C)CN)cc1. The van der Waals surface area contributed by atoms with Crippen LogP contribution < -0.4 is 10.6 Å². The first-order valence-corrected chi connectivity index (χ1v) is 5.77. The van der Waals surface area contributed by atoms with Crippen molar-refractivity contribution in [2.75, 3.05) is 24.5 Å². The molecule has 0 radical (unpaired) electrons. The molecule has 0 aliphatic heterocycles. The van der Waals surface area contributed by atoms with Crippen LogP contribution in [-0.2, 0) is 0 Å². The van der Waals surface area contributed by atoms with E-state index >= 15 is 0 Å². The molecule has 0 fully saturated rings. The van der Waals surface area contributed by atoms with Crippen molar-refractivity contribution >= 4 is 5.69 Å². The van der Waals surface area contributed by atoms with Crippen LogP contribution in [0.1, 0.15) is 32.3 Å². The summed E-state index contributed by atoms with van der Waals surface area (Å²) in [5.74, 6) is 0.454. The van der Waals surface area contributed by atoms with Gasteiger partial charge in [-0.2, -0.15) is 0 Å². The Morgan fingerprint density at radius 2 is 1.67 bits per heavy atom. The van der Waals surface area contributed by atoms with Gasteiger partial charge in [-0.25, -0.2) is 0 Å². The molecule has 1 unspecified atom stereocenters. The molecule has 2 N–H and O–H groups in total. The smallest absolute Gasteiger partial charge is 0.0366 e. The maximum Gasteiger partial charge on any atom is 0.0366 e. The fourth-order valence-corrected chi connectivity index (χ4v) is 1.74. The Kier molecular flexibility index (Phi) is 4.63. The molecule has 0 amide bonds. The van der Waals surface area contributed by atoms with E-state index < -0.39 is 0 Å². The van der Waals surface area contributed by atoms with Gasteiger partial charge in [0.2, 0.25) is 0 Å². The number of benzene rings is 1. The quantitative estimate of drug-likeness (QED) is 0.802. The molecule has 2 nitrogen and oxygen atoms in total. The van der Waals surface area contributed by atoms with Crippen molar-refractivity contribution in [2.45, 2.75) is 26.7 Å². The van der Waals surface area contributed by atoms with E-state index in [9.17, 15) is 0 Å². The van der Waals surface area contributed by atoms with Gasteiger partial charge in [0.15, 0.2) is 0 Å². The number of nitrogens with two attached hydrogens (primary N) is 1. The molecule has 0 spiro atoms. The third-order valence-corrected chi connectivity index (χ3v) is 2.94. The second-order valence-corrected chi connectivity index (χ2v) is 3.90. The van der Waals surface area contributed by atoms with Gasteiger partial charge in [0.1, 0.15) is 0 Å². The summed E-state index contributed by atoms with van der Waals surface area (Å²) in [5.41, 5.74) is 8.27. The lowest BCUT2D eigenvalue weighted by Crippen LogP contribution is -2.21. The summed E-state index contributed by atoms with van der Waals surface area (Å²) in [6, 6.07) is 8.75. The highest BCUT2D eigenvalue weighted by molar-refractivity contribution is 5.47. The van der Waals surface area contributed by atoms with Crippen LogP contribution in [0.4, 0.5) is 5.69 Å². The maximum atomic E-state index is 5.64. The van der Waals surface area contributed by atoms with Crippen LogP contribution >= 0.6 is 0 Å². The molecule has 2 heteroatoms. The van der Waals surface area contributed by atoms with E-state index in [1.807, 2.05) is 0 Å². The number of anilines is 1. The minimum Gasteiger partial charge on any atom is -0.372 e. The predicted molar refractivity (Wildman–Crippen MR) is 67.5 cm³/mol. The Balaban J connectivity index is 2.79. The molecular weight excluding hydrogens is 184 g/mol. The third kappa shape index (κ3) is 2.96. The standard InChI is InChI=1S/C13H22N2/c1-4-15(5-2)13-8-6-12(7-9-13)11(3)10-14/h6-9,11H,4-5,10,14H2,1-3H3. The first kappa shape index (κ1) is 12.1. The average Bonchev–Trinajstić information content (AvgIpc) is 2.30. The minimum atomic E-state index is 0.454. The highest BCUT2D eigenvalue weighted by atomic mass is 15.1. The van der Waals surface area contributed by atoms with Gasteiger partial charge in [0.25, 0.3) is 0 Å². The van der Waals surface area contributed by atoms with Gasteiger partial charge in [-0.1, -0.05) is 19.1 Å². The zero-order valence-electron chi connectivity index (χ0n) is 10.0. The summed E-state index contributed by atoms with van der Waals surface area (Å²) in [4.78, 5) is 2.34. The summed E-state index contributed by atoms with van der Waals surface area (Å²) < 4.78 is 0. The Hall–Kier alpha value is -1.02. The monoisotopic (exact) mass is 206 g/mol. The molecule has 0 saturated carbocycles. The number of rotatable bonds is 5. The molecule has 0 aliphatic rings. The van der Waals surface area contributed by atoms with Crippen molar-refractivity contribution in [3.05, 3.63) is 29.8 Å². The molecule has 1 atom stereocenters. The van der Waals surface area contributed by atoms with Crippen LogP contribution in [-0.4, -0.2) is 19.6 Å².